The Hall–Kier alpha value is -1.89. The normalized spacial score (nSPS) is 25.0. The Morgan fingerprint density at radius 2 is 2.23 bits per heavy atom. The molecule has 0 aromatic carbocycles. The van der Waals surface area contributed by atoms with Gasteiger partial charge in [-0.2, -0.15) is 0 Å². The van der Waals surface area contributed by atoms with E-state index in [1.165, 1.54) is 0 Å². The number of nitrogens with zero attached hydrogens (tertiary/aromatic N) is 3. The topological polar surface area (TPSA) is 79.4 Å². The molecule has 2 saturated heterocycles. The van der Waals surface area contributed by atoms with Gasteiger partial charge in [0.1, 0.15) is 0 Å². The zero-order chi connectivity index (χ0) is 15.2. The van der Waals surface area contributed by atoms with E-state index in [9.17, 15) is 4.79 Å². The van der Waals surface area contributed by atoms with Crippen molar-refractivity contribution in [2.75, 3.05) is 37.7 Å². The molecule has 22 heavy (non-hydrogen) atoms. The molecule has 1 aromatic rings. The SMILES string of the molecule is O=C(NCC1CCOC1)NC1CCCN(c2ncccn2)C1. The highest BCUT2D eigenvalue weighted by Gasteiger charge is 2.23. The monoisotopic (exact) mass is 305 g/mol. The maximum absolute atomic E-state index is 12.0. The third-order valence-corrected chi connectivity index (χ3v) is 4.17. The number of carbonyl (C=O) groups excluding carboxylic acids is 1. The fourth-order valence-corrected chi connectivity index (χ4v) is 2.95. The molecule has 0 saturated carbocycles. The summed E-state index contributed by atoms with van der Waals surface area (Å²) in [5.74, 6) is 1.18. The molecule has 120 valence electrons. The van der Waals surface area contributed by atoms with Crippen LogP contribution in [0.5, 0.6) is 0 Å². The van der Waals surface area contributed by atoms with Crippen LogP contribution in [0.4, 0.5) is 10.7 Å². The van der Waals surface area contributed by atoms with E-state index in [4.69, 9.17) is 4.74 Å². The molecular weight excluding hydrogens is 282 g/mol. The standard InChI is InChI=1S/C15H23N5O2/c21-15(18-9-12-4-8-22-11-12)19-13-3-1-7-20(10-13)14-16-5-2-6-17-14/h2,5-6,12-13H,1,3-4,7-11H2,(H2,18,19,21). The summed E-state index contributed by atoms with van der Waals surface area (Å²) in [6.07, 6.45) is 6.54. The lowest BCUT2D eigenvalue weighted by Gasteiger charge is -2.33. The van der Waals surface area contributed by atoms with Crippen molar-refractivity contribution in [3.05, 3.63) is 18.5 Å². The van der Waals surface area contributed by atoms with E-state index in [2.05, 4.69) is 25.5 Å². The van der Waals surface area contributed by atoms with Crippen LogP contribution in [0.1, 0.15) is 19.3 Å². The predicted octanol–water partition coefficient (Wildman–Crippen LogP) is 0.781. The molecule has 3 heterocycles. The lowest BCUT2D eigenvalue weighted by atomic mass is 10.1. The Bertz CT molecular complexity index is 478. The summed E-state index contributed by atoms with van der Waals surface area (Å²) < 4.78 is 5.31. The van der Waals surface area contributed by atoms with Crippen LogP contribution in [0.15, 0.2) is 18.5 Å². The Kier molecular flexibility index (Phi) is 5.05. The van der Waals surface area contributed by atoms with Gasteiger partial charge < -0.3 is 20.3 Å². The maximum atomic E-state index is 12.0. The molecule has 2 aliphatic rings. The molecule has 0 aliphatic carbocycles. The van der Waals surface area contributed by atoms with Crippen molar-refractivity contribution in [2.24, 2.45) is 5.92 Å². The molecule has 7 nitrogen and oxygen atoms in total. The average molecular weight is 305 g/mol. The summed E-state index contributed by atoms with van der Waals surface area (Å²) in [4.78, 5) is 22.7. The predicted molar refractivity (Wildman–Crippen MR) is 82.7 cm³/mol. The molecule has 2 unspecified atom stereocenters. The van der Waals surface area contributed by atoms with Crippen LogP contribution in [0.3, 0.4) is 0 Å². The van der Waals surface area contributed by atoms with Crippen molar-refractivity contribution in [1.29, 1.82) is 0 Å². The Morgan fingerprint density at radius 1 is 1.36 bits per heavy atom. The van der Waals surface area contributed by atoms with E-state index in [0.29, 0.717) is 12.5 Å². The van der Waals surface area contributed by atoms with Crippen LogP contribution >= 0.6 is 0 Å². The van der Waals surface area contributed by atoms with Gasteiger partial charge in [0.15, 0.2) is 0 Å². The number of hydrogen-bond acceptors (Lipinski definition) is 5. The summed E-state index contributed by atoms with van der Waals surface area (Å²) in [5.41, 5.74) is 0. The van der Waals surface area contributed by atoms with Gasteiger partial charge in [-0.1, -0.05) is 0 Å². The smallest absolute Gasteiger partial charge is 0.315 e. The minimum Gasteiger partial charge on any atom is -0.381 e. The van der Waals surface area contributed by atoms with E-state index < -0.39 is 0 Å². The fourth-order valence-electron chi connectivity index (χ4n) is 2.95. The molecule has 0 radical (unpaired) electrons. The van der Waals surface area contributed by atoms with E-state index in [0.717, 1.165) is 51.5 Å². The van der Waals surface area contributed by atoms with Crippen LogP contribution in [0.25, 0.3) is 0 Å². The molecular formula is C15H23N5O2. The first-order valence-electron chi connectivity index (χ1n) is 7.95. The fraction of sp³-hybridized carbons (Fsp3) is 0.667. The number of hydrogen-bond donors (Lipinski definition) is 2. The summed E-state index contributed by atoms with van der Waals surface area (Å²) in [7, 11) is 0. The highest BCUT2D eigenvalue weighted by molar-refractivity contribution is 5.74. The van der Waals surface area contributed by atoms with Crippen molar-refractivity contribution >= 4 is 12.0 Å². The van der Waals surface area contributed by atoms with Crippen LogP contribution in [-0.2, 0) is 4.74 Å². The minimum absolute atomic E-state index is 0.0901. The van der Waals surface area contributed by atoms with Gasteiger partial charge in [0.2, 0.25) is 5.95 Å². The first-order chi connectivity index (χ1) is 10.8. The quantitative estimate of drug-likeness (QED) is 0.859. The summed E-state index contributed by atoms with van der Waals surface area (Å²) >= 11 is 0. The van der Waals surface area contributed by atoms with Gasteiger partial charge in [-0.15, -0.1) is 0 Å². The van der Waals surface area contributed by atoms with Crippen molar-refractivity contribution in [3.63, 3.8) is 0 Å². The summed E-state index contributed by atoms with van der Waals surface area (Å²) in [6.45, 7) is 3.93. The Morgan fingerprint density at radius 3 is 3.00 bits per heavy atom. The second kappa shape index (κ2) is 7.40. The molecule has 0 spiro atoms. The summed E-state index contributed by atoms with van der Waals surface area (Å²) in [5, 5.41) is 6.00. The second-order valence-electron chi connectivity index (χ2n) is 5.92. The summed E-state index contributed by atoms with van der Waals surface area (Å²) in [6, 6.07) is 1.86. The molecule has 1 aromatic heterocycles. The lowest BCUT2D eigenvalue weighted by Crippen LogP contribution is -2.51. The number of nitrogens with one attached hydrogen (secondary N) is 2. The number of urea groups is 1. The van der Waals surface area contributed by atoms with Crippen LogP contribution in [-0.4, -0.2) is 54.9 Å². The number of piperidine rings is 1. The van der Waals surface area contributed by atoms with Crippen LogP contribution < -0.4 is 15.5 Å². The van der Waals surface area contributed by atoms with E-state index in [-0.39, 0.29) is 12.1 Å². The molecule has 0 bridgehead atoms. The van der Waals surface area contributed by atoms with Crippen LogP contribution in [0, 0.1) is 5.92 Å². The molecule has 2 fully saturated rings. The van der Waals surface area contributed by atoms with Crippen molar-refractivity contribution in [2.45, 2.75) is 25.3 Å². The third-order valence-electron chi connectivity index (χ3n) is 4.17. The van der Waals surface area contributed by atoms with Gasteiger partial charge in [-0.3, -0.25) is 0 Å². The van der Waals surface area contributed by atoms with Gasteiger partial charge in [0.25, 0.3) is 0 Å². The van der Waals surface area contributed by atoms with Crippen molar-refractivity contribution < 1.29 is 9.53 Å². The molecule has 2 atom stereocenters. The molecule has 7 heteroatoms. The second-order valence-corrected chi connectivity index (χ2v) is 5.92. The van der Waals surface area contributed by atoms with Gasteiger partial charge >= 0.3 is 6.03 Å². The Labute approximate surface area is 130 Å². The maximum Gasteiger partial charge on any atom is 0.315 e. The van der Waals surface area contributed by atoms with Crippen LogP contribution in [0.2, 0.25) is 0 Å². The van der Waals surface area contributed by atoms with E-state index in [1.54, 1.807) is 12.4 Å². The number of amides is 2. The first kappa shape index (κ1) is 15.0. The minimum atomic E-state index is -0.0901. The van der Waals surface area contributed by atoms with Crippen molar-refractivity contribution in [1.82, 2.24) is 20.6 Å². The zero-order valence-corrected chi connectivity index (χ0v) is 12.7. The lowest BCUT2D eigenvalue weighted by molar-refractivity contribution is 0.185. The largest absolute Gasteiger partial charge is 0.381 e. The molecule has 2 aliphatic heterocycles. The molecule has 3 rings (SSSR count). The number of rotatable bonds is 4. The first-order valence-corrected chi connectivity index (χ1v) is 7.95. The number of aromatic nitrogens is 2. The van der Waals surface area contributed by atoms with Gasteiger partial charge in [0.05, 0.1) is 6.61 Å². The number of anilines is 1. The third kappa shape index (κ3) is 4.07. The average Bonchev–Trinajstić information content (AvgIpc) is 3.08. The van der Waals surface area contributed by atoms with Crippen molar-refractivity contribution in [3.8, 4) is 0 Å². The Balaban J connectivity index is 1.44. The van der Waals surface area contributed by atoms with E-state index in [1.807, 2.05) is 6.07 Å². The van der Waals surface area contributed by atoms with E-state index >= 15 is 0 Å². The highest BCUT2D eigenvalue weighted by atomic mass is 16.5. The molecule has 2 amide bonds. The van der Waals surface area contributed by atoms with Gasteiger partial charge in [-0.25, -0.2) is 14.8 Å². The highest BCUT2D eigenvalue weighted by Crippen LogP contribution is 2.15. The van der Waals surface area contributed by atoms with Gasteiger partial charge in [-0.05, 0) is 25.3 Å². The zero-order valence-electron chi connectivity index (χ0n) is 12.7. The van der Waals surface area contributed by atoms with Gasteiger partial charge in [0, 0.05) is 50.6 Å². The molecule has 2 N–H and O–H groups in total. The number of carbonyl (C=O) groups is 1. The number of ether oxygens (including phenoxy) is 1.